The highest BCUT2D eigenvalue weighted by Gasteiger charge is 2.13. The minimum atomic E-state index is 0.845. The van der Waals surface area contributed by atoms with Gasteiger partial charge in [0.15, 0.2) is 0 Å². The van der Waals surface area contributed by atoms with Crippen molar-refractivity contribution in [1.82, 2.24) is 0 Å². The Morgan fingerprint density at radius 3 is 1.00 bits per heavy atom. The van der Waals surface area contributed by atoms with Gasteiger partial charge >= 0.3 is 0 Å². The van der Waals surface area contributed by atoms with E-state index < -0.39 is 0 Å². The second kappa shape index (κ2) is 9.90. The fraction of sp³-hybridized carbons (Fsp3) is 0.0909. The fourth-order valence-corrected chi connectivity index (χ4v) is 4.28. The Kier molecular flexibility index (Phi) is 6.36. The predicted molar refractivity (Wildman–Crippen MR) is 148 cm³/mol. The maximum Gasteiger partial charge on any atom is 0.119 e. The van der Waals surface area contributed by atoms with Gasteiger partial charge in [-0.15, -0.1) is 0 Å². The molecule has 0 N–H and O–H groups in total. The van der Waals surface area contributed by atoms with Crippen molar-refractivity contribution in [3.63, 3.8) is 0 Å². The Morgan fingerprint density at radius 2 is 0.686 bits per heavy atom. The van der Waals surface area contributed by atoms with Crippen LogP contribution < -0.4 is 9.64 Å². The number of methoxy groups -OCH3 is 1. The summed E-state index contributed by atoms with van der Waals surface area (Å²) in [7, 11) is 1.69. The monoisotopic (exact) mass is 455 g/mol. The number of benzene rings is 5. The maximum atomic E-state index is 5.39. The van der Waals surface area contributed by atoms with Crippen molar-refractivity contribution in [3.05, 3.63) is 132 Å². The zero-order valence-electron chi connectivity index (χ0n) is 20.4. The summed E-state index contributed by atoms with van der Waals surface area (Å²) in [6.07, 6.45) is 0. The van der Waals surface area contributed by atoms with E-state index in [1.165, 1.54) is 33.4 Å². The van der Waals surface area contributed by atoms with Gasteiger partial charge in [0.2, 0.25) is 0 Å². The number of hydrogen-bond acceptors (Lipinski definition) is 2. The number of aryl methyl sites for hydroxylation is 2. The molecular formula is C33H29NO. The molecule has 5 rings (SSSR count). The highest BCUT2D eigenvalue weighted by molar-refractivity contribution is 5.80. The largest absolute Gasteiger partial charge is 0.497 e. The van der Waals surface area contributed by atoms with Gasteiger partial charge in [-0.05, 0) is 84.6 Å². The molecule has 35 heavy (non-hydrogen) atoms. The molecule has 172 valence electrons. The van der Waals surface area contributed by atoms with Gasteiger partial charge in [-0.2, -0.15) is 0 Å². The third kappa shape index (κ3) is 4.97. The third-order valence-corrected chi connectivity index (χ3v) is 6.35. The summed E-state index contributed by atoms with van der Waals surface area (Å²) < 4.78 is 5.39. The van der Waals surface area contributed by atoms with Crippen molar-refractivity contribution in [2.75, 3.05) is 12.0 Å². The lowest BCUT2D eigenvalue weighted by molar-refractivity contribution is 0.415. The Balaban J connectivity index is 1.52. The molecule has 0 amide bonds. The van der Waals surface area contributed by atoms with E-state index in [4.69, 9.17) is 4.74 Å². The molecule has 5 aromatic rings. The number of hydrogen-bond donors (Lipinski definition) is 0. The minimum Gasteiger partial charge on any atom is -0.497 e. The molecule has 0 saturated carbocycles. The molecular weight excluding hydrogens is 426 g/mol. The first kappa shape index (κ1) is 22.5. The number of ether oxygens (including phenoxy) is 1. The van der Waals surface area contributed by atoms with Gasteiger partial charge < -0.3 is 9.64 Å². The van der Waals surface area contributed by atoms with Crippen molar-refractivity contribution >= 4 is 17.1 Å². The molecule has 0 heterocycles. The van der Waals surface area contributed by atoms with Crippen LogP contribution in [0, 0.1) is 13.8 Å². The third-order valence-electron chi connectivity index (χ3n) is 6.35. The summed E-state index contributed by atoms with van der Waals surface area (Å²) in [5.74, 6) is 0.845. The summed E-state index contributed by atoms with van der Waals surface area (Å²) in [6.45, 7) is 4.23. The highest BCUT2D eigenvalue weighted by atomic mass is 16.5. The molecule has 2 heteroatoms. The predicted octanol–water partition coefficient (Wildman–Crippen LogP) is 9.12. The first-order chi connectivity index (χ1) is 17.1. The van der Waals surface area contributed by atoms with Gasteiger partial charge in [0.25, 0.3) is 0 Å². The first-order valence-corrected chi connectivity index (χ1v) is 11.9. The van der Waals surface area contributed by atoms with Crippen LogP contribution in [0.3, 0.4) is 0 Å². The van der Waals surface area contributed by atoms with Crippen LogP contribution >= 0.6 is 0 Å². The zero-order valence-corrected chi connectivity index (χ0v) is 20.4. The van der Waals surface area contributed by atoms with Crippen LogP contribution in [-0.2, 0) is 0 Å². The summed E-state index contributed by atoms with van der Waals surface area (Å²) in [4.78, 5) is 2.28. The average Bonchev–Trinajstić information content (AvgIpc) is 2.91. The Bertz CT molecular complexity index is 1290. The molecule has 0 aromatic heterocycles. The van der Waals surface area contributed by atoms with Crippen molar-refractivity contribution in [3.8, 4) is 28.0 Å². The smallest absolute Gasteiger partial charge is 0.119 e. The average molecular weight is 456 g/mol. The number of nitrogens with zero attached hydrogens (tertiary/aromatic N) is 1. The molecule has 0 unspecified atom stereocenters. The lowest BCUT2D eigenvalue weighted by atomic mass is 10.0. The van der Waals surface area contributed by atoms with E-state index in [-0.39, 0.29) is 0 Å². The standard InChI is InChI=1S/C33H29NO/c1-24-4-8-26(9-5-24)28-12-16-30(17-13-28)34(32-20-22-33(35-3)23-21-32)31-18-14-29(15-19-31)27-10-6-25(2)7-11-27/h4-23H,1-3H3. The molecule has 0 fully saturated rings. The maximum absolute atomic E-state index is 5.39. The lowest BCUT2D eigenvalue weighted by Crippen LogP contribution is -2.09. The lowest BCUT2D eigenvalue weighted by Gasteiger charge is -2.26. The van der Waals surface area contributed by atoms with Crippen LogP contribution in [0.4, 0.5) is 17.1 Å². The van der Waals surface area contributed by atoms with Crippen molar-refractivity contribution in [2.24, 2.45) is 0 Å². The van der Waals surface area contributed by atoms with E-state index in [1.807, 2.05) is 12.1 Å². The Hall–Kier alpha value is -4.30. The SMILES string of the molecule is COc1ccc(N(c2ccc(-c3ccc(C)cc3)cc2)c2ccc(-c3ccc(C)cc3)cc2)cc1. The van der Waals surface area contributed by atoms with E-state index in [0.717, 1.165) is 22.8 Å². The minimum absolute atomic E-state index is 0.845. The normalized spacial score (nSPS) is 10.7. The number of rotatable bonds is 6. The second-order valence-corrected chi connectivity index (χ2v) is 8.86. The fourth-order valence-electron chi connectivity index (χ4n) is 4.28. The van der Waals surface area contributed by atoms with E-state index in [1.54, 1.807) is 7.11 Å². The van der Waals surface area contributed by atoms with Crippen LogP contribution in [-0.4, -0.2) is 7.11 Å². The van der Waals surface area contributed by atoms with Crippen LogP contribution in [0.15, 0.2) is 121 Å². The molecule has 2 nitrogen and oxygen atoms in total. The first-order valence-electron chi connectivity index (χ1n) is 11.9. The zero-order chi connectivity index (χ0) is 24.2. The number of anilines is 3. The Morgan fingerprint density at radius 1 is 0.400 bits per heavy atom. The summed E-state index contributed by atoms with van der Waals surface area (Å²) in [5, 5.41) is 0. The molecule has 0 aliphatic carbocycles. The molecule has 0 saturated heterocycles. The van der Waals surface area contributed by atoms with Gasteiger partial charge in [0, 0.05) is 17.1 Å². The van der Waals surface area contributed by atoms with Gasteiger partial charge in [-0.3, -0.25) is 0 Å². The molecule has 5 aromatic carbocycles. The van der Waals surface area contributed by atoms with Crippen LogP contribution in [0.1, 0.15) is 11.1 Å². The molecule has 0 spiro atoms. The molecule has 0 bridgehead atoms. The molecule has 0 atom stereocenters. The van der Waals surface area contributed by atoms with Crippen LogP contribution in [0.2, 0.25) is 0 Å². The van der Waals surface area contributed by atoms with Gasteiger partial charge in [0.05, 0.1) is 7.11 Å². The van der Waals surface area contributed by atoms with E-state index >= 15 is 0 Å². The topological polar surface area (TPSA) is 12.5 Å². The van der Waals surface area contributed by atoms with Crippen molar-refractivity contribution in [1.29, 1.82) is 0 Å². The summed E-state index contributed by atoms with van der Waals surface area (Å²) >= 11 is 0. The Labute approximate surface area is 208 Å². The van der Waals surface area contributed by atoms with E-state index in [9.17, 15) is 0 Å². The summed E-state index contributed by atoms with van der Waals surface area (Å²) in [6, 6.07) is 43.0. The second-order valence-electron chi connectivity index (χ2n) is 8.86. The van der Waals surface area contributed by atoms with Crippen LogP contribution in [0.5, 0.6) is 5.75 Å². The van der Waals surface area contributed by atoms with Gasteiger partial charge in [0.1, 0.15) is 5.75 Å². The summed E-state index contributed by atoms with van der Waals surface area (Å²) in [5.41, 5.74) is 10.7. The highest BCUT2D eigenvalue weighted by Crippen LogP contribution is 2.37. The van der Waals surface area contributed by atoms with Gasteiger partial charge in [-0.1, -0.05) is 83.9 Å². The molecule has 0 aliphatic heterocycles. The van der Waals surface area contributed by atoms with Crippen molar-refractivity contribution in [2.45, 2.75) is 13.8 Å². The quantitative estimate of drug-likeness (QED) is 0.253. The van der Waals surface area contributed by atoms with Gasteiger partial charge in [-0.25, -0.2) is 0 Å². The molecule has 0 aliphatic rings. The van der Waals surface area contributed by atoms with E-state index in [2.05, 4.69) is 128 Å². The van der Waals surface area contributed by atoms with Crippen LogP contribution in [0.25, 0.3) is 22.3 Å². The van der Waals surface area contributed by atoms with Crippen molar-refractivity contribution < 1.29 is 4.74 Å². The molecule has 0 radical (unpaired) electrons. The van der Waals surface area contributed by atoms with E-state index in [0.29, 0.717) is 0 Å².